The van der Waals surface area contributed by atoms with Crippen molar-refractivity contribution in [3.63, 3.8) is 0 Å². The van der Waals surface area contributed by atoms with Gasteiger partial charge in [-0.3, -0.25) is 0 Å². The van der Waals surface area contributed by atoms with Crippen LogP contribution in [0.25, 0.3) is 0 Å². The quantitative estimate of drug-likeness (QED) is 0.632. The van der Waals surface area contributed by atoms with Gasteiger partial charge in [-0.2, -0.15) is 0 Å². The lowest BCUT2D eigenvalue weighted by Gasteiger charge is -2.19. The molecule has 0 aromatic heterocycles. The summed E-state index contributed by atoms with van der Waals surface area (Å²) in [6.45, 7) is -0.104. The van der Waals surface area contributed by atoms with Crippen molar-refractivity contribution in [3.05, 3.63) is 29.3 Å². The molecule has 6 heteroatoms. The number of rotatable bonds is 5. The van der Waals surface area contributed by atoms with Crippen molar-refractivity contribution >= 4 is 5.97 Å². The molecule has 0 heterocycles. The van der Waals surface area contributed by atoms with Gasteiger partial charge in [-0.15, -0.1) is 0 Å². The molecule has 0 fully saturated rings. The standard InChI is InChI=1S/C12H17NO5/c1-17-10-4-3-7(12(16)18-2)5-8(10)11(15)9(14)6-13/h3-5,9,11,14-15H,6,13H2,1-2H3. The minimum atomic E-state index is -1.23. The monoisotopic (exact) mass is 255 g/mol. The Kier molecular flexibility index (Phi) is 5.08. The second-order valence-electron chi connectivity index (χ2n) is 3.70. The third-order valence-corrected chi connectivity index (χ3v) is 2.58. The number of hydrogen-bond acceptors (Lipinski definition) is 6. The van der Waals surface area contributed by atoms with Gasteiger partial charge < -0.3 is 25.4 Å². The summed E-state index contributed by atoms with van der Waals surface area (Å²) >= 11 is 0. The zero-order chi connectivity index (χ0) is 13.7. The first-order valence-corrected chi connectivity index (χ1v) is 5.37. The fraction of sp³-hybridized carbons (Fsp3) is 0.417. The van der Waals surface area contributed by atoms with E-state index in [0.29, 0.717) is 11.3 Å². The molecule has 0 amide bonds. The molecule has 0 aliphatic rings. The van der Waals surface area contributed by atoms with Crippen LogP contribution in [0.3, 0.4) is 0 Å². The molecule has 0 bridgehead atoms. The third-order valence-electron chi connectivity index (χ3n) is 2.58. The molecular weight excluding hydrogens is 238 g/mol. The van der Waals surface area contributed by atoms with E-state index in [0.717, 1.165) is 0 Å². The molecule has 0 aliphatic carbocycles. The van der Waals surface area contributed by atoms with Crippen molar-refractivity contribution in [2.75, 3.05) is 20.8 Å². The number of carbonyl (C=O) groups excluding carboxylic acids is 1. The normalized spacial score (nSPS) is 13.8. The minimum Gasteiger partial charge on any atom is -0.496 e. The van der Waals surface area contributed by atoms with Gasteiger partial charge in [-0.1, -0.05) is 0 Å². The highest BCUT2D eigenvalue weighted by Gasteiger charge is 2.22. The summed E-state index contributed by atoms with van der Waals surface area (Å²) in [5, 5.41) is 19.5. The van der Waals surface area contributed by atoms with E-state index in [-0.39, 0.29) is 12.1 Å². The van der Waals surface area contributed by atoms with Crippen molar-refractivity contribution in [1.82, 2.24) is 0 Å². The lowest BCUT2D eigenvalue weighted by Crippen LogP contribution is -2.27. The smallest absolute Gasteiger partial charge is 0.337 e. The summed E-state index contributed by atoms with van der Waals surface area (Å²) in [6.07, 6.45) is -2.36. The Morgan fingerprint density at radius 3 is 2.56 bits per heavy atom. The summed E-state index contributed by atoms with van der Waals surface area (Å²) in [5.74, 6) is -0.170. The van der Waals surface area contributed by atoms with Gasteiger partial charge in [0.2, 0.25) is 0 Å². The van der Waals surface area contributed by atoms with Crippen LogP contribution in [0.1, 0.15) is 22.0 Å². The number of nitrogens with two attached hydrogens (primary N) is 1. The summed E-state index contributed by atoms with van der Waals surface area (Å²) < 4.78 is 9.65. The molecule has 4 N–H and O–H groups in total. The minimum absolute atomic E-state index is 0.104. The number of ether oxygens (including phenoxy) is 2. The molecule has 1 aromatic rings. The fourth-order valence-electron chi connectivity index (χ4n) is 1.55. The van der Waals surface area contributed by atoms with Crippen molar-refractivity contribution in [2.45, 2.75) is 12.2 Å². The average molecular weight is 255 g/mol. The Bertz CT molecular complexity index is 421. The van der Waals surface area contributed by atoms with Crippen LogP contribution in [-0.2, 0) is 4.74 Å². The van der Waals surface area contributed by atoms with Gasteiger partial charge >= 0.3 is 5.97 Å². The maximum absolute atomic E-state index is 11.4. The highest BCUT2D eigenvalue weighted by molar-refractivity contribution is 5.89. The number of hydrogen-bond donors (Lipinski definition) is 3. The SMILES string of the molecule is COC(=O)c1ccc(OC)c(C(O)C(O)CN)c1. The van der Waals surface area contributed by atoms with Gasteiger partial charge in [-0.05, 0) is 18.2 Å². The lowest BCUT2D eigenvalue weighted by molar-refractivity contribution is 0.0228. The van der Waals surface area contributed by atoms with Crippen molar-refractivity contribution in [1.29, 1.82) is 0 Å². The number of carbonyl (C=O) groups is 1. The molecule has 0 aliphatic heterocycles. The van der Waals surface area contributed by atoms with Crippen LogP contribution < -0.4 is 10.5 Å². The Morgan fingerprint density at radius 1 is 1.39 bits per heavy atom. The summed E-state index contributed by atoms with van der Waals surface area (Å²) in [6, 6.07) is 4.44. The molecular formula is C12H17NO5. The highest BCUT2D eigenvalue weighted by Crippen LogP contribution is 2.28. The zero-order valence-corrected chi connectivity index (χ0v) is 10.3. The molecule has 0 saturated carbocycles. The predicted molar refractivity (Wildman–Crippen MR) is 64.4 cm³/mol. The summed E-state index contributed by atoms with van der Waals surface area (Å²) in [4.78, 5) is 11.4. The van der Waals surface area contributed by atoms with Gasteiger partial charge in [0.05, 0.1) is 25.9 Å². The molecule has 1 rings (SSSR count). The summed E-state index contributed by atoms with van der Waals surface area (Å²) in [5.41, 5.74) is 5.83. The van der Waals surface area contributed by atoms with E-state index in [9.17, 15) is 15.0 Å². The van der Waals surface area contributed by atoms with E-state index < -0.39 is 18.2 Å². The van der Waals surface area contributed by atoms with Gasteiger partial charge in [0, 0.05) is 12.1 Å². The van der Waals surface area contributed by atoms with E-state index in [2.05, 4.69) is 4.74 Å². The first-order chi connectivity index (χ1) is 8.54. The van der Waals surface area contributed by atoms with Crippen molar-refractivity contribution in [2.24, 2.45) is 5.73 Å². The van der Waals surface area contributed by atoms with Crippen LogP contribution in [-0.4, -0.2) is 43.1 Å². The molecule has 18 heavy (non-hydrogen) atoms. The average Bonchev–Trinajstić information content (AvgIpc) is 2.43. The van der Waals surface area contributed by atoms with Crippen molar-refractivity contribution < 1.29 is 24.5 Å². The maximum atomic E-state index is 11.4. The van der Waals surface area contributed by atoms with Crippen LogP contribution in [0.4, 0.5) is 0 Å². The van der Waals surface area contributed by atoms with Crippen LogP contribution in [0, 0.1) is 0 Å². The number of aliphatic hydroxyl groups excluding tert-OH is 2. The molecule has 0 saturated heterocycles. The molecule has 100 valence electrons. The number of benzene rings is 1. The van der Waals surface area contributed by atoms with E-state index in [1.54, 1.807) is 0 Å². The van der Waals surface area contributed by atoms with Gasteiger partial charge in [0.25, 0.3) is 0 Å². The molecule has 2 unspecified atom stereocenters. The predicted octanol–water partition coefficient (Wildman–Crippen LogP) is -0.165. The fourth-order valence-corrected chi connectivity index (χ4v) is 1.55. The lowest BCUT2D eigenvalue weighted by atomic mass is 10.0. The van der Waals surface area contributed by atoms with E-state index >= 15 is 0 Å². The number of aliphatic hydroxyl groups is 2. The van der Waals surface area contributed by atoms with Crippen LogP contribution in [0.15, 0.2) is 18.2 Å². The Labute approximate surface area is 105 Å². The molecule has 1 aromatic carbocycles. The van der Waals surface area contributed by atoms with Gasteiger partial charge in [0.15, 0.2) is 0 Å². The number of methoxy groups -OCH3 is 2. The van der Waals surface area contributed by atoms with Crippen LogP contribution >= 0.6 is 0 Å². The maximum Gasteiger partial charge on any atom is 0.337 e. The molecule has 6 nitrogen and oxygen atoms in total. The molecule has 0 spiro atoms. The van der Waals surface area contributed by atoms with Gasteiger partial charge in [0.1, 0.15) is 11.9 Å². The van der Waals surface area contributed by atoms with E-state index in [1.807, 2.05) is 0 Å². The Balaban J connectivity index is 3.17. The Morgan fingerprint density at radius 2 is 2.06 bits per heavy atom. The van der Waals surface area contributed by atoms with Gasteiger partial charge in [-0.25, -0.2) is 4.79 Å². The highest BCUT2D eigenvalue weighted by atomic mass is 16.5. The summed E-state index contributed by atoms with van der Waals surface area (Å²) in [7, 11) is 2.69. The topological polar surface area (TPSA) is 102 Å². The molecule has 2 atom stereocenters. The second kappa shape index (κ2) is 6.34. The zero-order valence-electron chi connectivity index (χ0n) is 10.3. The van der Waals surface area contributed by atoms with Crippen LogP contribution in [0.2, 0.25) is 0 Å². The van der Waals surface area contributed by atoms with Crippen LogP contribution in [0.5, 0.6) is 5.75 Å². The van der Waals surface area contributed by atoms with E-state index in [1.165, 1.54) is 32.4 Å². The number of esters is 1. The first kappa shape index (κ1) is 14.4. The molecule has 0 radical (unpaired) electrons. The Hall–Kier alpha value is -1.63. The van der Waals surface area contributed by atoms with Crippen molar-refractivity contribution in [3.8, 4) is 5.75 Å². The first-order valence-electron chi connectivity index (χ1n) is 5.37. The van der Waals surface area contributed by atoms with E-state index in [4.69, 9.17) is 10.5 Å². The second-order valence-corrected chi connectivity index (χ2v) is 3.70. The third kappa shape index (κ3) is 2.98. The largest absolute Gasteiger partial charge is 0.496 e.